The van der Waals surface area contributed by atoms with Crippen molar-refractivity contribution >= 4 is 26.7 Å². The largest absolute Gasteiger partial charge is 0.481 e. The Morgan fingerprint density at radius 1 is 0.800 bits per heavy atom. The van der Waals surface area contributed by atoms with Crippen molar-refractivity contribution in [2.75, 3.05) is 24.6 Å². The van der Waals surface area contributed by atoms with Gasteiger partial charge in [0.25, 0.3) is 0 Å². The summed E-state index contributed by atoms with van der Waals surface area (Å²) in [5.41, 5.74) is 0. The van der Waals surface area contributed by atoms with Crippen LogP contribution in [0.4, 0.5) is 0 Å². The van der Waals surface area contributed by atoms with Gasteiger partial charge in [-0.05, 0) is 12.8 Å². The van der Waals surface area contributed by atoms with Crippen LogP contribution in [0.25, 0.3) is 0 Å². The highest BCUT2D eigenvalue weighted by Crippen LogP contribution is 2.43. The summed E-state index contributed by atoms with van der Waals surface area (Å²) >= 11 is 0. The number of carboxylic acids is 2. The molecule has 0 radical (unpaired) electrons. The summed E-state index contributed by atoms with van der Waals surface area (Å²) in [6.45, 7) is 6.63. The molecule has 150 valence electrons. The van der Waals surface area contributed by atoms with Crippen molar-refractivity contribution in [3.05, 3.63) is 0 Å². The second-order valence-corrected chi connectivity index (χ2v) is 11.3. The lowest BCUT2D eigenvalue weighted by Crippen LogP contribution is -2.15. The molecule has 0 fully saturated rings. The first-order chi connectivity index (χ1) is 11.3. The van der Waals surface area contributed by atoms with Gasteiger partial charge in [-0.2, -0.15) is 0 Å². The number of carboxylic acid groups (broad SMARTS) is 2. The van der Waals surface area contributed by atoms with E-state index < -0.39 is 38.5 Å². The minimum absolute atomic E-state index is 0.109. The molecule has 0 aromatic carbocycles. The maximum atomic E-state index is 11.4. The van der Waals surface area contributed by atoms with E-state index in [1.807, 2.05) is 6.92 Å². The normalized spacial score (nSPS) is 18.0. The molecular weight excluding hydrogens is 370 g/mol. The predicted molar refractivity (Wildman–Crippen MR) is 97.9 cm³/mol. The molecule has 4 unspecified atom stereocenters. The van der Waals surface area contributed by atoms with Crippen LogP contribution in [-0.2, 0) is 18.7 Å². The van der Waals surface area contributed by atoms with Crippen LogP contribution in [0.1, 0.15) is 47.0 Å². The number of hydrogen-bond donors (Lipinski definition) is 4. The fraction of sp³-hybridized carbons (Fsp3) is 0.867. The van der Waals surface area contributed by atoms with Crippen LogP contribution in [0.15, 0.2) is 0 Å². The second-order valence-electron chi connectivity index (χ2n) is 6.34. The van der Waals surface area contributed by atoms with Crippen LogP contribution in [-0.4, -0.2) is 56.6 Å². The Morgan fingerprint density at radius 3 is 1.44 bits per heavy atom. The van der Waals surface area contributed by atoms with Crippen LogP contribution < -0.4 is 0 Å². The smallest absolute Gasteiger partial charge is 0.306 e. The van der Waals surface area contributed by atoms with Crippen molar-refractivity contribution in [3.63, 3.8) is 0 Å². The Kier molecular flexibility index (Phi) is 13.4. The highest BCUT2D eigenvalue weighted by Gasteiger charge is 2.25. The van der Waals surface area contributed by atoms with Gasteiger partial charge in [-0.25, -0.2) is 0 Å². The summed E-state index contributed by atoms with van der Waals surface area (Å²) < 4.78 is 22.6. The molecule has 0 aromatic rings. The molecule has 0 heterocycles. The average molecular weight is 402 g/mol. The van der Waals surface area contributed by atoms with Crippen LogP contribution in [0.2, 0.25) is 0 Å². The van der Waals surface area contributed by atoms with Crippen molar-refractivity contribution in [3.8, 4) is 0 Å². The van der Waals surface area contributed by atoms with Crippen molar-refractivity contribution in [2.45, 2.75) is 47.0 Å². The lowest BCUT2D eigenvalue weighted by Gasteiger charge is -2.13. The molecule has 0 amide bonds. The summed E-state index contributed by atoms with van der Waals surface area (Å²) in [7, 11) is -6.38. The molecule has 8 nitrogen and oxygen atoms in total. The van der Waals surface area contributed by atoms with Gasteiger partial charge in [-0.1, -0.05) is 34.1 Å². The fourth-order valence-electron chi connectivity index (χ4n) is 1.95. The van der Waals surface area contributed by atoms with E-state index in [9.17, 15) is 28.5 Å². The summed E-state index contributed by atoms with van der Waals surface area (Å²) in [5.74, 6) is -3.48. The lowest BCUT2D eigenvalue weighted by atomic mass is 10.2. The van der Waals surface area contributed by atoms with Gasteiger partial charge in [0, 0.05) is 24.6 Å². The van der Waals surface area contributed by atoms with Crippen LogP contribution in [0.3, 0.4) is 0 Å². The van der Waals surface area contributed by atoms with E-state index in [2.05, 4.69) is 0 Å². The predicted octanol–water partition coefficient (Wildman–Crippen LogP) is 3.17. The SMILES string of the molecule is CCCCP(=O)(O)CC(C)C(=O)O.CCCP(=O)(O)CC(C)C(=O)O. The first-order valence-electron chi connectivity index (χ1n) is 8.35. The van der Waals surface area contributed by atoms with Gasteiger partial charge in [0.2, 0.25) is 14.7 Å². The van der Waals surface area contributed by atoms with Crippen molar-refractivity contribution < 1.29 is 38.7 Å². The zero-order chi connectivity index (χ0) is 20.3. The molecule has 4 atom stereocenters. The van der Waals surface area contributed by atoms with E-state index in [1.165, 1.54) is 13.8 Å². The molecule has 0 aliphatic heterocycles. The third-order valence-corrected chi connectivity index (χ3v) is 7.79. The van der Waals surface area contributed by atoms with Crippen molar-refractivity contribution in [2.24, 2.45) is 11.8 Å². The van der Waals surface area contributed by atoms with Gasteiger partial charge in [0.05, 0.1) is 11.8 Å². The molecule has 0 rings (SSSR count). The van der Waals surface area contributed by atoms with E-state index in [-0.39, 0.29) is 24.6 Å². The van der Waals surface area contributed by atoms with Crippen LogP contribution in [0.5, 0.6) is 0 Å². The maximum absolute atomic E-state index is 11.4. The number of hydrogen-bond acceptors (Lipinski definition) is 4. The number of carbonyl (C=O) groups is 2. The van der Waals surface area contributed by atoms with Gasteiger partial charge in [0.1, 0.15) is 0 Å². The number of unbranched alkanes of at least 4 members (excludes halogenated alkanes) is 1. The third kappa shape index (κ3) is 15.3. The average Bonchev–Trinajstić information content (AvgIpc) is 2.44. The molecule has 0 saturated heterocycles. The molecule has 0 saturated carbocycles. The highest BCUT2D eigenvalue weighted by atomic mass is 31.2. The first kappa shape index (κ1) is 26.5. The van der Waals surface area contributed by atoms with E-state index in [0.29, 0.717) is 12.8 Å². The maximum Gasteiger partial charge on any atom is 0.306 e. The molecule has 0 aromatic heterocycles. The second kappa shape index (κ2) is 12.6. The molecule has 0 spiro atoms. The monoisotopic (exact) mass is 402 g/mol. The highest BCUT2D eigenvalue weighted by molar-refractivity contribution is 7.58. The zero-order valence-corrected chi connectivity index (χ0v) is 17.2. The minimum atomic E-state index is -3.20. The van der Waals surface area contributed by atoms with E-state index in [1.54, 1.807) is 6.92 Å². The molecule has 0 aliphatic rings. The van der Waals surface area contributed by atoms with Gasteiger partial charge in [0.15, 0.2) is 0 Å². The van der Waals surface area contributed by atoms with Crippen molar-refractivity contribution in [1.29, 1.82) is 0 Å². The minimum Gasteiger partial charge on any atom is -0.481 e. The molecule has 0 aliphatic carbocycles. The summed E-state index contributed by atoms with van der Waals surface area (Å²) in [6.07, 6.45) is 2.37. The van der Waals surface area contributed by atoms with E-state index in [4.69, 9.17) is 10.2 Å². The van der Waals surface area contributed by atoms with Gasteiger partial charge < -0.3 is 20.0 Å². The fourth-order valence-corrected chi connectivity index (χ4v) is 5.85. The van der Waals surface area contributed by atoms with Crippen LogP contribution in [0, 0.1) is 11.8 Å². The Labute approximate surface area is 149 Å². The molecule has 10 heteroatoms. The summed E-state index contributed by atoms with van der Waals surface area (Å²) in [5, 5.41) is 17.0. The number of aliphatic carboxylic acids is 2. The summed E-state index contributed by atoms with van der Waals surface area (Å²) in [6, 6.07) is 0. The Morgan fingerprint density at radius 2 is 1.16 bits per heavy atom. The van der Waals surface area contributed by atoms with Gasteiger partial charge >= 0.3 is 11.9 Å². The topological polar surface area (TPSA) is 149 Å². The molecular formula is C15H32O8P2. The number of rotatable bonds is 11. The zero-order valence-electron chi connectivity index (χ0n) is 15.4. The van der Waals surface area contributed by atoms with E-state index >= 15 is 0 Å². The van der Waals surface area contributed by atoms with E-state index in [0.717, 1.165) is 6.42 Å². The summed E-state index contributed by atoms with van der Waals surface area (Å²) in [4.78, 5) is 39.4. The first-order valence-corrected chi connectivity index (χ1v) is 12.4. The lowest BCUT2D eigenvalue weighted by molar-refractivity contribution is -0.141. The van der Waals surface area contributed by atoms with Crippen molar-refractivity contribution in [1.82, 2.24) is 0 Å². The van der Waals surface area contributed by atoms with Gasteiger partial charge in [-0.15, -0.1) is 0 Å². The van der Waals surface area contributed by atoms with Gasteiger partial charge in [-0.3, -0.25) is 18.7 Å². The molecule has 4 N–H and O–H groups in total. The molecule has 0 bridgehead atoms. The van der Waals surface area contributed by atoms with Crippen LogP contribution >= 0.6 is 14.7 Å². The Bertz CT molecular complexity index is 506. The standard InChI is InChI=1S/C8H17O4P.C7H15O4P/c1-3-4-5-13(11,12)6-7(2)8(9)10;1-3-4-12(10,11)5-6(2)7(8)9/h7H,3-6H2,1-2H3,(H,9,10)(H,11,12);6H,3-5H2,1-2H3,(H,8,9)(H,10,11). The third-order valence-electron chi connectivity index (χ3n) is 3.40. The Hall–Kier alpha value is -0.680. The Balaban J connectivity index is 0. The molecule has 25 heavy (non-hydrogen) atoms. The quantitative estimate of drug-likeness (QED) is 0.385.